The summed E-state index contributed by atoms with van der Waals surface area (Å²) in [6.07, 6.45) is 2.79. The monoisotopic (exact) mass is 353 g/mol. The quantitative estimate of drug-likeness (QED) is 0.825. The Hall–Kier alpha value is -2.89. The molecule has 136 valence electrons. The predicted octanol–water partition coefficient (Wildman–Crippen LogP) is 2.01. The smallest absolute Gasteiger partial charge is 0.272 e. The van der Waals surface area contributed by atoms with E-state index in [2.05, 4.69) is 4.98 Å². The molecule has 26 heavy (non-hydrogen) atoms. The number of rotatable bonds is 5. The molecule has 6 heteroatoms. The van der Waals surface area contributed by atoms with Gasteiger partial charge >= 0.3 is 0 Å². The third-order valence-electron chi connectivity index (χ3n) is 4.59. The molecule has 6 nitrogen and oxygen atoms in total. The summed E-state index contributed by atoms with van der Waals surface area (Å²) in [5.41, 5.74) is 1.56. The van der Waals surface area contributed by atoms with Crippen LogP contribution in [0.25, 0.3) is 0 Å². The third-order valence-corrected chi connectivity index (χ3v) is 4.59. The molecule has 2 amide bonds. The van der Waals surface area contributed by atoms with Gasteiger partial charge < -0.3 is 14.5 Å². The predicted molar refractivity (Wildman–Crippen MR) is 98.0 cm³/mol. The number of aryl methyl sites for hydroxylation is 1. The molecule has 0 atom stereocenters. The molecule has 1 aromatic heterocycles. The second-order valence-corrected chi connectivity index (χ2v) is 6.24. The van der Waals surface area contributed by atoms with E-state index in [-0.39, 0.29) is 11.8 Å². The highest BCUT2D eigenvalue weighted by molar-refractivity contribution is 5.92. The molecule has 0 unspecified atom stereocenters. The van der Waals surface area contributed by atoms with E-state index in [4.69, 9.17) is 4.74 Å². The van der Waals surface area contributed by atoms with E-state index in [9.17, 15) is 9.59 Å². The van der Waals surface area contributed by atoms with Gasteiger partial charge in [-0.2, -0.15) is 0 Å². The van der Waals surface area contributed by atoms with Crippen molar-refractivity contribution in [1.29, 1.82) is 0 Å². The zero-order valence-corrected chi connectivity index (χ0v) is 14.9. The van der Waals surface area contributed by atoms with E-state index in [1.54, 1.807) is 36.4 Å². The molecular formula is C20H23N3O3. The number of ether oxygens (including phenoxy) is 1. The minimum absolute atomic E-state index is 0.0732. The molecule has 0 aliphatic carbocycles. The highest BCUT2D eigenvalue weighted by atomic mass is 16.5. The van der Waals surface area contributed by atoms with Crippen LogP contribution < -0.4 is 4.74 Å². The van der Waals surface area contributed by atoms with E-state index >= 15 is 0 Å². The largest absolute Gasteiger partial charge is 0.497 e. The van der Waals surface area contributed by atoms with Crippen LogP contribution in [0.5, 0.6) is 5.75 Å². The van der Waals surface area contributed by atoms with Gasteiger partial charge in [-0.1, -0.05) is 18.2 Å². The van der Waals surface area contributed by atoms with Crippen molar-refractivity contribution in [2.24, 2.45) is 0 Å². The Bertz CT molecular complexity index is 739. The second kappa shape index (κ2) is 8.47. The highest BCUT2D eigenvalue weighted by Gasteiger charge is 2.25. The number of pyridine rings is 1. The number of benzene rings is 1. The van der Waals surface area contributed by atoms with Crippen molar-refractivity contribution in [1.82, 2.24) is 14.8 Å². The van der Waals surface area contributed by atoms with Gasteiger partial charge in [0.15, 0.2) is 0 Å². The summed E-state index contributed by atoms with van der Waals surface area (Å²) in [5, 5.41) is 0. The van der Waals surface area contributed by atoms with Crippen LogP contribution in [0.4, 0.5) is 0 Å². The molecule has 1 aliphatic rings. The number of hydrogen-bond acceptors (Lipinski definition) is 4. The lowest BCUT2D eigenvalue weighted by atomic mass is 10.1. The fourth-order valence-electron chi connectivity index (χ4n) is 3.01. The lowest BCUT2D eigenvalue weighted by Crippen LogP contribution is -2.50. The summed E-state index contributed by atoms with van der Waals surface area (Å²) in [6.45, 7) is 2.23. The first-order valence-corrected chi connectivity index (χ1v) is 8.78. The number of nitrogens with zero attached hydrogens (tertiary/aromatic N) is 3. The fourth-order valence-corrected chi connectivity index (χ4v) is 3.01. The van der Waals surface area contributed by atoms with Gasteiger partial charge in [0.2, 0.25) is 5.91 Å². The van der Waals surface area contributed by atoms with Gasteiger partial charge in [0.1, 0.15) is 11.4 Å². The first-order chi connectivity index (χ1) is 12.7. The van der Waals surface area contributed by atoms with Gasteiger partial charge in [-0.05, 0) is 36.2 Å². The first kappa shape index (κ1) is 17.9. The average Bonchev–Trinajstić information content (AvgIpc) is 2.72. The molecule has 1 aromatic carbocycles. The van der Waals surface area contributed by atoms with Gasteiger partial charge in [0.25, 0.3) is 5.91 Å². The molecule has 1 fully saturated rings. The lowest BCUT2D eigenvalue weighted by molar-refractivity contribution is -0.132. The van der Waals surface area contributed by atoms with E-state index < -0.39 is 0 Å². The third kappa shape index (κ3) is 4.39. The van der Waals surface area contributed by atoms with Crippen molar-refractivity contribution < 1.29 is 14.3 Å². The Morgan fingerprint density at radius 1 is 1.00 bits per heavy atom. The van der Waals surface area contributed by atoms with Crippen LogP contribution >= 0.6 is 0 Å². The number of carbonyl (C=O) groups excluding carboxylic acids is 2. The van der Waals surface area contributed by atoms with Gasteiger partial charge in [-0.25, -0.2) is 0 Å². The van der Waals surface area contributed by atoms with Gasteiger partial charge in [0, 0.05) is 38.8 Å². The maximum Gasteiger partial charge on any atom is 0.272 e. The van der Waals surface area contributed by atoms with Crippen LogP contribution in [0.1, 0.15) is 22.5 Å². The minimum Gasteiger partial charge on any atom is -0.497 e. The van der Waals surface area contributed by atoms with Gasteiger partial charge in [-0.3, -0.25) is 14.6 Å². The number of hydrogen-bond donors (Lipinski definition) is 0. The molecule has 0 N–H and O–H groups in total. The van der Waals surface area contributed by atoms with Crippen LogP contribution in [0.3, 0.4) is 0 Å². The summed E-state index contributed by atoms with van der Waals surface area (Å²) in [6, 6.07) is 13.1. The number of piperazine rings is 1. The Balaban J connectivity index is 1.46. The molecule has 2 aromatic rings. The van der Waals surface area contributed by atoms with Gasteiger partial charge in [0.05, 0.1) is 7.11 Å². The Labute approximate surface area is 153 Å². The zero-order chi connectivity index (χ0) is 18.4. The summed E-state index contributed by atoms with van der Waals surface area (Å²) in [7, 11) is 1.64. The van der Waals surface area contributed by atoms with Crippen molar-refractivity contribution in [2.45, 2.75) is 12.8 Å². The maximum absolute atomic E-state index is 12.4. The maximum atomic E-state index is 12.4. The van der Waals surface area contributed by atoms with Crippen molar-refractivity contribution in [3.63, 3.8) is 0 Å². The normalized spacial score (nSPS) is 14.2. The number of amides is 2. The Kier molecular flexibility index (Phi) is 5.84. The highest BCUT2D eigenvalue weighted by Crippen LogP contribution is 2.14. The SMILES string of the molecule is COc1ccc(CCC(=O)N2CCN(C(=O)c3ccccn3)CC2)cc1. The average molecular weight is 353 g/mol. The molecule has 3 rings (SSSR count). The lowest BCUT2D eigenvalue weighted by Gasteiger charge is -2.34. The summed E-state index contributed by atoms with van der Waals surface area (Å²) in [5.74, 6) is 0.871. The summed E-state index contributed by atoms with van der Waals surface area (Å²) < 4.78 is 5.14. The summed E-state index contributed by atoms with van der Waals surface area (Å²) >= 11 is 0. The van der Waals surface area contributed by atoms with Crippen LogP contribution in [-0.2, 0) is 11.2 Å². The fraction of sp³-hybridized carbons (Fsp3) is 0.350. The topological polar surface area (TPSA) is 62.7 Å². The number of aromatic nitrogens is 1. The van der Waals surface area contributed by atoms with E-state index in [0.29, 0.717) is 44.7 Å². The number of carbonyl (C=O) groups is 2. The minimum atomic E-state index is -0.0732. The summed E-state index contributed by atoms with van der Waals surface area (Å²) in [4.78, 5) is 32.5. The van der Waals surface area contributed by atoms with Crippen LogP contribution in [0.15, 0.2) is 48.7 Å². The van der Waals surface area contributed by atoms with E-state index in [1.807, 2.05) is 29.2 Å². The van der Waals surface area contributed by atoms with Crippen molar-refractivity contribution >= 4 is 11.8 Å². The molecular weight excluding hydrogens is 330 g/mol. The molecule has 0 bridgehead atoms. The molecule has 1 saturated heterocycles. The zero-order valence-electron chi connectivity index (χ0n) is 14.9. The van der Waals surface area contributed by atoms with Crippen LogP contribution in [0, 0.1) is 0 Å². The molecule has 2 heterocycles. The molecule has 0 saturated carbocycles. The molecule has 1 aliphatic heterocycles. The van der Waals surface area contributed by atoms with Crippen molar-refractivity contribution in [3.8, 4) is 5.75 Å². The van der Waals surface area contributed by atoms with Crippen LogP contribution in [-0.4, -0.2) is 59.9 Å². The van der Waals surface area contributed by atoms with Crippen LogP contribution in [0.2, 0.25) is 0 Å². The Morgan fingerprint density at radius 3 is 2.31 bits per heavy atom. The van der Waals surface area contributed by atoms with Gasteiger partial charge in [-0.15, -0.1) is 0 Å². The Morgan fingerprint density at radius 2 is 1.69 bits per heavy atom. The standard InChI is InChI=1S/C20H23N3O3/c1-26-17-8-5-16(6-9-17)7-10-19(24)22-12-14-23(15-13-22)20(25)18-4-2-3-11-21-18/h2-6,8-9,11H,7,10,12-15H2,1H3. The van der Waals surface area contributed by atoms with Crippen molar-refractivity contribution in [3.05, 3.63) is 59.9 Å². The first-order valence-electron chi connectivity index (χ1n) is 8.78. The van der Waals surface area contributed by atoms with E-state index in [1.165, 1.54) is 0 Å². The molecule has 0 radical (unpaired) electrons. The number of methoxy groups -OCH3 is 1. The van der Waals surface area contributed by atoms with E-state index in [0.717, 1.165) is 11.3 Å². The molecule has 0 spiro atoms. The van der Waals surface area contributed by atoms with Crippen molar-refractivity contribution in [2.75, 3.05) is 33.3 Å². The second-order valence-electron chi connectivity index (χ2n) is 6.24.